The fourth-order valence-electron chi connectivity index (χ4n) is 2.46. The number of hydrogen-bond donors (Lipinski definition) is 2. The van der Waals surface area contributed by atoms with E-state index in [0.29, 0.717) is 28.1 Å². The van der Waals surface area contributed by atoms with Crippen LogP contribution in [0.2, 0.25) is 0 Å². The highest BCUT2D eigenvalue weighted by molar-refractivity contribution is 5.95. The zero-order valence-electron chi connectivity index (χ0n) is 13.6. The molecule has 2 aromatic heterocycles. The molecular weight excluding hydrogens is 337 g/mol. The molecule has 0 bridgehead atoms. The van der Waals surface area contributed by atoms with Crippen molar-refractivity contribution in [3.05, 3.63) is 24.0 Å². The number of aromatic nitrogens is 4. The first-order valence-corrected chi connectivity index (χ1v) is 7.59. The summed E-state index contributed by atoms with van der Waals surface area (Å²) in [5.41, 5.74) is 6.96. The second kappa shape index (κ2) is 6.36. The summed E-state index contributed by atoms with van der Waals surface area (Å²) in [6.07, 6.45) is -4.06. The van der Waals surface area contributed by atoms with Gasteiger partial charge in [0.25, 0.3) is 0 Å². The van der Waals surface area contributed by atoms with E-state index in [-0.39, 0.29) is 18.9 Å². The van der Waals surface area contributed by atoms with Gasteiger partial charge in [0.2, 0.25) is 5.95 Å². The first-order valence-electron chi connectivity index (χ1n) is 7.59. The fraction of sp³-hybridized carbons (Fsp3) is 0.400. The van der Waals surface area contributed by atoms with Gasteiger partial charge < -0.3 is 15.8 Å². The molecule has 0 saturated carbocycles. The lowest BCUT2D eigenvalue weighted by atomic mass is 10.2. The maximum atomic E-state index is 12.5. The Hall–Kier alpha value is -2.62. The Morgan fingerprint density at radius 3 is 2.76 bits per heavy atom. The number of nitrogens with zero attached hydrogens (tertiary/aromatic N) is 4. The van der Waals surface area contributed by atoms with E-state index in [9.17, 15) is 13.2 Å². The molecule has 0 spiro atoms. The van der Waals surface area contributed by atoms with Crippen LogP contribution in [0.25, 0.3) is 16.6 Å². The second-order valence-electron chi connectivity index (χ2n) is 5.56. The van der Waals surface area contributed by atoms with Gasteiger partial charge in [-0.05, 0) is 19.1 Å². The molecule has 3 rings (SSSR count). The van der Waals surface area contributed by atoms with Gasteiger partial charge in [0.15, 0.2) is 11.5 Å². The van der Waals surface area contributed by atoms with E-state index in [1.165, 1.54) is 11.6 Å². The molecule has 0 aliphatic carbocycles. The van der Waals surface area contributed by atoms with Crippen molar-refractivity contribution in [3.8, 4) is 5.75 Å². The average Bonchev–Trinajstić information content (AvgIpc) is 2.98. The largest absolute Gasteiger partial charge is 0.494 e. The van der Waals surface area contributed by atoms with Gasteiger partial charge in [0, 0.05) is 18.4 Å². The molecule has 0 saturated heterocycles. The highest BCUT2D eigenvalue weighted by atomic mass is 19.4. The zero-order chi connectivity index (χ0) is 18.2. The van der Waals surface area contributed by atoms with Crippen molar-refractivity contribution in [2.75, 3.05) is 19.4 Å². The molecule has 0 fully saturated rings. The Balaban J connectivity index is 1.89. The summed E-state index contributed by atoms with van der Waals surface area (Å²) in [4.78, 5) is 8.67. The zero-order valence-corrected chi connectivity index (χ0v) is 13.6. The molecule has 7 nitrogen and oxygen atoms in total. The third-order valence-corrected chi connectivity index (χ3v) is 3.84. The maximum Gasteiger partial charge on any atom is 0.403 e. The second-order valence-corrected chi connectivity index (χ2v) is 5.56. The Morgan fingerprint density at radius 2 is 2.08 bits per heavy atom. The van der Waals surface area contributed by atoms with E-state index < -0.39 is 12.2 Å². The van der Waals surface area contributed by atoms with Crippen molar-refractivity contribution in [1.82, 2.24) is 24.9 Å². The van der Waals surface area contributed by atoms with Gasteiger partial charge in [-0.3, -0.25) is 0 Å². The smallest absolute Gasteiger partial charge is 0.403 e. The van der Waals surface area contributed by atoms with Crippen LogP contribution in [0.15, 0.2) is 18.2 Å². The molecule has 3 aromatic rings. The van der Waals surface area contributed by atoms with Crippen LogP contribution < -0.4 is 15.8 Å². The average molecular weight is 354 g/mol. The van der Waals surface area contributed by atoms with Crippen molar-refractivity contribution in [2.45, 2.75) is 25.6 Å². The van der Waals surface area contributed by atoms with E-state index in [4.69, 9.17) is 10.5 Å². The third kappa shape index (κ3) is 3.29. The topological polar surface area (TPSA) is 90.4 Å². The Kier molecular flexibility index (Phi) is 4.38. The highest BCUT2D eigenvalue weighted by Crippen LogP contribution is 2.27. The summed E-state index contributed by atoms with van der Waals surface area (Å²) in [7, 11) is 1.53. The van der Waals surface area contributed by atoms with E-state index in [1.54, 1.807) is 12.1 Å². The summed E-state index contributed by atoms with van der Waals surface area (Å²) < 4.78 is 44.2. The predicted octanol–water partition coefficient (Wildman–Crippen LogP) is 1.95. The molecule has 0 aliphatic rings. The Bertz CT molecular complexity index is 908. The van der Waals surface area contributed by atoms with E-state index in [2.05, 4.69) is 20.4 Å². The number of ether oxygens (including phenoxy) is 1. The number of fused-ring (bicyclic) bond motifs is 3. The van der Waals surface area contributed by atoms with Crippen LogP contribution in [-0.2, 0) is 6.42 Å². The van der Waals surface area contributed by atoms with Crippen molar-refractivity contribution in [3.63, 3.8) is 0 Å². The first kappa shape index (κ1) is 17.2. The van der Waals surface area contributed by atoms with E-state index in [1.807, 2.05) is 6.07 Å². The van der Waals surface area contributed by atoms with Crippen LogP contribution in [0.1, 0.15) is 12.7 Å². The number of alkyl halides is 3. The Morgan fingerprint density at radius 1 is 1.32 bits per heavy atom. The van der Waals surface area contributed by atoms with E-state index in [0.717, 1.165) is 6.92 Å². The SMILES string of the molecule is COc1cccc2c1nc(N)n1nc(CCN[C@H](C)C(F)(F)F)nc21. The van der Waals surface area contributed by atoms with Crippen LogP contribution >= 0.6 is 0 Å². The fourth-order valence-corrected chi connectivity index (χ4v) is 2.46. The summed E-state index contributed by atoms with van der Waals surface area (Å²) in [5, 5.41) is 7.34. The van der Waals surface area contributed by atoms with Crippen LogP contribution in [-0.4, -0.2) is 45.5 Å². The van der Waals surface area contributed by atoms with Crippen LogP contribution in [0.4, 0.5) is 19.1 Å². The lowest BCUT2D eigenvalue weighted by Crippen LogP contribution is -2.40. The molecule has 134 valence electrons. The predicted molar refractivity (Wildman–Crippen MR) is 86.5 cm³/mol. The number of rotatable bonds is 5. The van der Waals surface area contributed by atoms with Crippen LogP contribution in [0, 0.1) is 0 Å². The number of anilines is 1. The van der Waals surface area contributed by atoms with Gasteiger partial charge in [-0.25, -0.2) is 9.97 Å². The lowest BCUT2D eigenvalue weighted by Gasteiger charge is -2.16. The van der Waals surface area contributed by atoms with Crippen molar-refractivity contribution in [2.24, 2.45) is 0 Å². The molecule has 1 atom stereocenters. The standard InChI is InChI=1S/C15H17F3N6O/c1-8(15(16,17)18)20-7-6-11-21-13-9-4-3-5-10(25-2)12(9)22-14(19)24(13)23-11/h3-5,8,20H,6-7H2,1-2H3,(H2,19,22)/t8-/m1/s1. The first-order chi connectivity index (χ1) is 11.8. The molecule has 0 aliphatic heterocycles. The summed E-state index contributed by atoms with van der Waals surface area (Å²) in [6.45, 7) is 1.16. The lowest BCUT2D eigenvalue weighted by molar-refractivity contribution is -0.151. The van der Waals surface area contributed by atoms with Gasteiger partial charge in [-0.2, -0.15) is 17.7 Å². The van der Waals surface area contributed by atoms with Crippen molar-refractivity contribution >= 4 is 22.5 Å². The molecule has 10 heteroatoms. The molecule has 25 heavy (non-hydrogen) atoms. The Labute approximate surface area is 141 Å². The molecule has 2 heterocycles. The number of para-hydroxylation sites is 1. The van der Waals surface area contributed by atoms with Gasteiger partial charge >= 0.3 is 6.18 Å². The number of hydrogen-bond acceptors (Lipinski definition) is 6. The third-order valence-electron chi connectivity index (χ3n) is 3.84. The maximum absolute atomic E-state index is 12.5. The van der Waals surface area contributed by atoms with E-state index >= 15 is 0 Å². The van der Waals surface area contributed by atoms with Gasteiger partial charge in [-0.1, -0.05) is 6.07 Å². The molecule has 1 aromatic carbocycles. The monoisotopic (exact) mass is 354 g/mol. The minimum Gasteiger partial charge on any atom is -0.494 e. The molecule has 0 radical (unpaired) electrons. The summed E-state index contributed by atoms with van der Waals surface area (Å²) in [5.74, 6) is 1.06. The minimum atomic E-state index is -4.28. The number of nitrogens with two attached hydrogens (primary N) is 1. The molecule has 0 amide bonds. The quantitative estimate of drug-likeness (QED) is 0.728. The number of nitrogens with one attached hydrogen (secondary N) is 1. The van der Waals surface area contributed by atoms with Gasteiger partial charge in [0.05, 0.1) is 7.11 Å². The number of benzene rings is 1. The van der Waals surface area contributed by atoms with Crippen LogP contribution in [0.3, 0.4) is 0 Å². The van der Waals surface area contributed by atoms with Gasteiger partial charge in [0.1, 0.15) is 17.3 Å². The highest BCUT2D eigenvalue weighted by Gasteiger charge is 2.35. The normalized spacial score (nSPS) is 13.5. The summed E-state index contributed by atoms with van der Waals surface area (Å²) in [6, 6.07) is 3.76. The number of nitrogen functional groups attached to an aromatic ring is 1. The molecule has 3 N–H and O–H groups in total. The number of methoxy groups -OCH3 is 1. The molecule has 0 unspecified atom stereocenters. The van der Waals surface area contributed by atoms with Crippen molar-refractivity contribution < 1.29 is 17.9 Å². The van der Waals surface area contributed by atoms with Crippen molar-refractivity contribution in [1.29, 1.82) is 0 Å². The summed E-state index contributed by atoms with van der Waals surface area (Å²) >= 11 is 0. The number of halogens is 3. The van der Waals surface area contributed by atoms with Crippen LogP contribution in [0.5, 0.6) is 5.75 Å². The van der Waals surface area contributed by atoms with Gasteiger partial charge in [-0.15, -0.1) is 5.10 Å². The molecular formula is C15H17F3N6O. The minimum absolute atomic E-state index is 0.0894.